The Bertz CT molecular complexity index is 1020. The molecule has 0 aliphatic carbocycles. The molecular weight excluding hydrogens is 444 g/mol. The average Bonchev–Trinajstić information content (AvgIpc) is 3.13. The van der Waals surface area contributed by atoms with Gasteiger partial charge in [-0.15, -0.1) is 0 Å². The Balaban J connectivity index is 1.66. The number of ketones is 1. The van der Waals surface area contributed by atoms with Crippen molar-refractivity contribution < 1.29 is 31.5 Å². The fourth-order valence-electron chi connectivity index (χ4n) is 2.25. The summed E-state index contributed by atoms with van der Waals surface area (Å²) in [5, 5.41) is 0. The second kappa shape index (κ2) is 8.43. The topological polar surface area (TPSA) is 39.4 Å². The van der Waals surface area contributed by atoms with Gasteiger partial charge in [0.25, 0.3) is 0 Å². The summed E-state index contributed by atoms with van der Waals surface area (Å²) in [6.07, 6.45) is 2.71. The summed E-state index contributed by atoms with van der Waals surface area (Å²) < 4.78 is 64.4. The molecule has 0 atom stereocenters. The Labute approximate surface area is 165 Å². The fraction of sp³-hybridized carbons (Fsp3) is 0.0500. The van der Waals surface area contributed by atoms with Crippen molar-refractivity contribution >= 4 is 27.8 Å². The first kappa shape index (κ1) is 19.9. The first-order valence-corrected chi connectivity index (χ1v) is 8.67. The predicted molar refractivity (Wildman–Crippen MR) is 96.8 cm³/mol. The molecule has 3 nitrogen and oxygen atoms in total. The van der Waals surface area contributed by atoms with E-state index in [9.17, 15) is 22.4 Å². The van der Waals surface area contributed by atoms with Crippen LogP contribution in [-0.4, -0.2) is 5.78 Å². The van der Waals surface area contributed by atoms with E-state index in [-0.39, 0.29) is 23.4 Å². The van der Waals surface area contributed by atoms with Crippen LogP contribution in [0.15, 0.2) is 57.4 Å². The lowest BCUT2D eigenvalue weighted by atomic mass is 10.1. The molecule has 0 fully saturated rings. The number of carbonyl (C=O) groups excluding carboxylic acids is 1. The molecule has 0 aliphatic heterocycles. The van der Waals surface area contributed by atoms with Gasteiger partial charge >= 0.3 is 0 Å². The van der Waals surface area contributed by atoms with E-state index in [1.165, 1.54) is 24.3 Å². The minimum atomic E-state index is -1.63. The van der Waals surface area contributed by atoms with Gasteiger partial charge in [0.05, 0.1) is 0 Å². The number of benzene rings is 2. The highest BCUT2D eigenvalue weighted by molar-refractivity contribution is 9.10. The Morgan fingerprint density at radius 1 is 1.00 bits per heavy atom. The average molecular weight is 455 g/mol. The summed E-state index contributed by atoms with van der Waals surface area (Å²) in [6.45, 7) is -0.467. The van der Waals surface area contributed by atoms with Gasteiger partial charge in [0.15, 0.2) is 23.2 Å². The minimum absolute atomic E-state index is 0.0930. The standard InChI is InChI=1S/C20H11BrF4O3/c21-12-3-1-11(2-4-12)17(26)8-7-13-5-6-14(28-13)10-27-20-18(24)15(22)9-16(23)19(20)25/h1-9H,10H2/b8-7+. The lowest BCUT2D eigenvalue weighted by Crippen LogP contribution is -2.03. The third-order valence-corrected chi connectivity index (χ3v) is 4.17. The Kier molecular flexibility index (Phi) is 5.99. The second-order valence-corrected chi connectivity index (χ2v) is 6.51. The zero-order chi connectivity index (χ0) is 20.3. The van der Waals surface area contributed by atoms with Crippen LogP contribution < -0.4 is 4.74 Å². The Morgan fingerprint density at radius 2 is 1.64 bits per heavy atom. The summed E-state index contributed by atoms with van der Waals surface area (Å²) in [5.41, 5.74) is 0.480. The highest BCUT2D eigenvalue weighted by Gasteiger charge is 2.21. The van der Waals surface area contributed by atoms with Crippen molar-refractivity contribution in [2.75, 3.05) is 0 Å². The van der Waals surface area contributed by atoms with Crippen LogP contribution >= 0.6 is 15.9 Å². The van der Waals surface area contributed by atoms with Crippen LogP contribution in [0.5, 0.6) is 5.75 Å². The van der Waals surface area contributed by atoms with E-state index in [2.05, 4.69) is 15.9 Å². The summed E-state index contributed by atoms with van der Waals surface area (Å²) in [5.74, 6) is -7.39. The Hall–Kier alpha value is -2.87. The maximum Gasteiger partial charge on any atom is 0.203 e. The van der Waals surface area contributed by atoms with Crippen LogP contribution in [0.2, 0.25) is 0 Å². The van der Waals surface area contributed by atoms with E-state index in [1.807, 2.05) is 0 Å². The van der Waals surface area contributed by atoms with E-state index in [0.29, 0.717) is 5.56 Å². The van der Waals surface area contributed by atoms with Gasteiger partial charge in [-0.1, -0.05) is 15.9 Å². The number of hydrogen-bond donors (Lipinski definition) is 0. The molecule has 3 rings (SSSR count). The zero-order valence-electron chi connectivity index (χ0n) is 14.0. The Morgan fingerprint density at radius 3 is 2.29 bits per heavy atom. The van der Waals surface area contributed by atoms with Crippen molar-refractivity contribution in [2.45, 2.75) is 6.61 Å². The van der Waals surface area contributed by atoms with Gasteiger partial charge in [-0.05, 0) is 48.6 Å². The molecule has 0 saturated carbocycles. The van der Waals surface area contributed by atoms with Crippen LogP contribution in [0.25, 0.3) is 6.08 Å². The molecule has 0 bridgehead atoms. The van der Waals surface area contributed by atoms with Gasteiger partial charge in [-0.3, -0.25) is 4.79 Å². The monoisotopic (exact) mass is 454 g/mol. The molecular formula is C20H11BrF4O3. The summed E-state index contributed by atoms with van der Waals surface area (Å²) in [7, 11) is 0. The van der Waals surface area contributed by atoms with Gasteiger partial charge in [-0.25, -0.2) is 8.78 Å². The van der Waals surface area contributed by atoms with E-state index in [0.717, 1.165) is 4.47 Å². The maximum atomic E-state index is 13.6. The van der Waals surface area contributed by atoms with Crippen LogP contribution in [0.1, 0.15) is 21.9 Å². The van der Waals surface area contributed by atoms with Gasteiger partial charge in [0.1, 0.15) is 18.1 Å². The molecule has 0 saturated heterocycles. The molecule has 0 unspecified atom stereocenters. The maximum absolute atomic E-state index is 13.6. The number of rotatable bonds is 6. The van der Waals surface area contributed by atoms with E-state index in [1.54, 1.807) is 24.3 Å². The van der Waals surface area contributed by atoms with Crippen molar-refractivity contribution in [3.63, 3.8) is 0 Å². The third kappa shape index (κ3) is 4.51. The predicted octanol–water partition coefficient (Wildman–Crippen LogP) is 6.07. The lowest BCUT2D eigenvalue weighted by molar-refractivity contribution is 0.104. The number of furan rings is 1. The minimum Gasteiger partial charge on any atom is -0.479 e. The molecule has 0 aliphatic rings. The van der Waals surface area contributed by atoms with E-state index in [4.69, 9.17) is 9.15 Å². The molecule has 2 aromatic carbocycles. The molecule has 0 amide bonds. The van der Waals surface area contributed by atoms with Gasteiger partial charge in [-0.2, -0.15) is 8.78 Å². The van der Waals surface area contributed by atoms with Crippen LogP contribution in [0, 0.1) is 23.3 Å². The molecule has 0 radical (unpaired) electrons. The number of ether oxygens (including phenoxy) is 1. The quantitative estimate of drug-likeness (QED) is 0.196. The summed E-state index contributed by atoms with van der Waals surface area (Å²) in [4.78, 5) is 12.1. The largest absolute Gasteiger partial charge is 0.479 e. The smallest absolute Gasteiger partial charge is 0.203 e. The molecule has 144 valence electrons. The number of halogens is 5. The van der Waals surface area contributed by atoms with Crippen LogP contribution in [0.4, 0.5) is 17.6 Å². The van der Waals surface area contributed by atoms with Crippen LogP contribution in [0.3, 0.4) is 0 Å². The van der Waals surface area contributed by atoms with Crippen molar-refractivity contribution in [3.8, 4) is 5.75 Å². The zero-order valence-corrected chi connectivity index (χ0v) is 15.6. The molecule has 0 spiro atoms. The molecule has 8 heteroatoms. The van der Waals surface area contributed by atoms with Crippen molar-refractivity contribution in [1.29, 1.82) is 0 Å². The molecule has 1 aromatic heterocycles. The number of allylic oxidation sites excluding steroid dienone is 1. The van der Waals surface area contributed by atoms with Gasteiger partial charge in [0, 0.05) is 16.1 Å². The second-order valence-electron chi connectivity index (χ2n) is 5.59. The normalized spacial score (nSPS) is 11.2. The molecule has 1 heterocycles. The number of carbonyl (C=O) groups is 1. The van der Waals surface area contributed by atoms with Crippen molar-refractivity contribution in [3.05, 3.63) is 93.4 Å². The van der Waals surface area contributed by atoms with Crippen LogP contribution in [-0.2, 0) is 6.61 Å². The highest BCUT2D eigenvalue weighted by Crippen LogP contribution is 2.27. The first-order chi connectivity index (χ1) is 13.3. The molecule has 0 N–H and O–H groups in total. The number of hydrogen-bond acceptors (Lipinski definition) is 3. The van der Waals surface area contributed by atoms with Gasteiger partial charge in [0.2, 0.25) is 11.6 Å². The lowest BCUT2D eigenvalue weighted by Gasteiger charge is -2.08. The molecule has 28 heavy (non-hydrogen) atoms. The summed E-state index contributed by atoms with van der Waals surface area (Å²) >= 11 is 3.28. The summed E-state index contributed by atoms with van der Waals surface area (Å²) in [6, 6.07) is 9.81. The van der Waals surface area contributed by atoms with Gasteiger partial charge < -0.3 is 9.15 Å². The van der Waals surface area contributed by atoms with Crippen molar-refractivity contribution in [2.24, 2.45) is 0 Å². The van der Waals surface area contributed by atoms with Crippen molar-refractivity contribution in [1.82, 2.24) is 0 Å². The third-order valence-electron chi connectivity index (χ3n) is 3.64. The van der Waals surface area contributed by atoms with E-state index >= 15 is 0 Å². The first-order valence-electron chi connectivity index (χ1n) is 7.87. The fourth-order valence-corrected chi connectivity index (χ4v) is 2.52. The highest BCUT2D eigenvalue weighted by atomic mass is 79.9. The molecule has 3 aromatic rings. The van der Waals surface area contributed by atoms with E-state index < -0.39 is 35.6 Å². The SMILES string of the molecule is O=C(/C=C/c1ccc(COc2c(F)c(F)cc(F)c2F)o1)c1ccc(Br)cc1.